The van der Waals surface area contributed by atoms with Gasteiger partial charge in [0, 0.05) is 29.7 Å². The summed E-state index contributed by atoms with van der Waals surface area (Å²) in [4.78, 5) is 0. The number of alkyl halides is 3. The van der Waals surface area contributed by atoms with Crippen molar-refractivity contribution >= 4 is 10.9 Å². The zero-order valence-electron chi connectivity index (χ0n) is 12.8. The number of ether oxygens (including phenoxy) is 1. The molecule has 0 unspecified atom stereocenters. The number of aryl methyl sites for hydroxylation is 2. The Kier molecular flexibility index (Phi) is 3.80. The molecule has 2 aromatic carbocycles. The Labute approximate surface area is 132 Å². The quantitative estimate of drug-likeness (QED) is 0.656. The standard InChI is InChI=1S/C18H16F3NO/c1-12-5-3-8-16-17(12)13(10-22(16)2)11-23-15-7-4-6-14(9-15)18(19,20)21/h3-10H,11H2,1-2H3. The smallest absolute Gasteiger partial charge is 0.416 e. The number of hydrogen-bond donors (Lipinski definition) is 0. The molecule has 0 saturated carbocycles. The Morgan fingerprint density at radius 3 is 2.57 bits per heavy atom. The number of rotatable bonds is 3. The Balaban J connectivity index is 1.87. The summed E-state index contributed by atoms with van der Waals surface area (Å²) in [5.41, 5.74) is 2.44. The summed E-state index contributed by atoms with van der Waals surface area (Å²) < 4.78 is 45.8. The van der Waals surface area contributed by atoms with E-state index in [1.807, 2.05) is 42.9 Å². The van der Waals surface area contributed by atoms with E-state index >= 15 is 0 Å². The first-order chi connectivity index (χ1) is 10.9. The number of aromatic nitrogens is 1. The fraction of sp³-hybridized carbons (Fsp3) is 0.222. The van der Waals surface area contributed by atoms with Gasteiger partial charge in [-0.2, -0.15) is 13.2 Å². The van der Waals surface area contributed by atoms with Gasteiger partial charge in [0.1, 0.15) is 12.4 Å². The molecule has 0 saturated heterocycles. The van der Waals surface area contributed by atoms with Crippen molar-refractivity contribution in [3.8, 4) is 5.75 Å². The maximum atomic E-state index is 12.7. The second kappa shape index (κ2) is 5.65. The lowest BCUT2D eigenvalue weighted by molar-refractivity contribution is -0.137. The van der Waals surface area contributed by atoms with Crippen LogP contribution in [0.3, 0.4) is 0 Å². The molecule has 5 heteroatoms. The lowest BCUT2D eigenvalue weighted by atomic mass is 10.1. The largest absolute Gasteiger partial charge is 0.489 e. The number of hydrogen-bond acceptors (Lipinski definition) is 1. The molecular formula is C18H16F3NO. The molecule has 2 nitrogen and oxygen atoms in total. The van der Waals surface area contributed by atoms with Crippen molar-refractivity contribution in [3.63, 3.8) is 0 Å². The third kappa shape index (κ3) is 3.04. The first-order valence-corrected chi connectivity index (χ1v) is 7.20. The number of fused-ring (bicyclic) bond motifs is 1. The number of benzene rings is 2. The Morgan fingerprint density at radius 1 is 1.09 bits per heavy atom. The molecule has 0 atom stereocenters. The van der Waals surface area contributed by atoms with Crippen molar-refractivity contribution < 1.29 is 17.9 Å². The molecular weight excluding hydrogens is 303 g/mol. The molecule has 120 valence electrons. The summed E-state index contributed by atoms with van der Waals surface area (Å²) in [5, 5.41) is 1.09. The Hall–Kier alpha value is -2.43. The van der Waals surface area contributed by atoms with Crippen LogP contribution in [-0.4, -0.2) is 4.57 Å². The summed E-state index contributed by atoms with van der Waals surface area (Å²) in [6.45, 7) is 2.24. The molecule has 0 spiro atoms. The van der Waals surface area contributed by atoms with Crippen LogP contribution in [0.4, 0.5) is 13.2 Å². The van der Waals surface area contributed by atoms with Crippen LogP contribution < -0.4 is 4.74 Å². The Morgan fingerprint density at radius 2 is 1.83 bits per heavy atom. The van der Waals surface area contributed by atoms with Gasteiger partial charge < -0.3 is 9.30 Å². The van der Waals surface area contributed by atoms with E-state index in [9.17, 15) is 13.2 Å². The van der Waals surface area contributed by atoms with Gasteiger partial charge in [0.25, 0.3) is 0 Å². The van der Waals surface area contributed by atoms with E-state index in [-0.39, 0.29) is 12.4 Å². The average molecular weight is 319 g/mol. The van der Waals surface area contributed by atoms with Crippen molar-refractivity contribution in [2.45, 2.75) is 19.7 Å². The van der Waals surface area contributed by atoms with Gasteiger partial charge in [-0.25, -0.2) is 0 Å². The van der Waals surface area contributed by atoms with Gasteiger partial charge in [-0.1, -0.05) is 18.2 Å². The molecule has 0 amide bonds. The van der Waals surface area contributed by atoms with Crippen molar-refractivity contribution in [2.24, 2.45) is 7.05 Å². The van der Waals surface area contributed by atoms with Crippen molar-refractivity contribution in [1.82, 2.24) is 4.57 Å². The molecule has 0 aliphatic rings. The lowest BCUT2D eigenvalue weighted by Gasteiger charge is -2.10. The maximum absolute atomic E-state index is 12.7. The van der Waals surface area contributed by atoms with Crippen LogP contribution >= 0.6 is 0 Å². The fourth-order valence-corrected chi connectivity index (χ4v) is 2.76. The first-order valence-electron chi connectivity index (χ1n) is 7.20. The van der Waals surface area contributed by atoms with Crippen molar-refractivity contribution in [1.29, 1.82) is 0 Å². The van der Waals surface area contributed by atoms with Crippen molar-refractivity contribution in [3.05, 3.63) is 65.4 Å². The van der Waals surface area contributed by atoms with Gasteiger partial charge in [0.2, 0.25) is 0 Å². The number of halogens is 3. The molecule has 0 radical (unpaired) electrons. The second-order valence-electron chi connectivity index (χ2n) is 5.55. The highest BCUT2D eigenvalue weighted by Gasteiger charge is 2.30. The minimum absolute atomic E-state index is 0.213. The van der Waals surface area contributed by atoms with E-state index in [4.69, 9.17) is 4.74 Å². The van der Waals surface area contributed by atoms with E-state index in [1.165, 1.54) is 12.1 Å². The van der Waals surface area contributed by atoms with Gasteiger partial charge in [0.15, 0.2) is 0 Å². The fourth-order valence-electron chi connectivity index (χ4n) is 2.76. The van der Waals surface area contributed by atoms with Crippen LogP contribution in [0.2, 0.25) is 0 Å². The third-order valence-corrected chi connectivity index (χ3v) is 3.86. The summed E-state index contributed by atoms with van der Waals surface area (Å²) in [7, 11) is 1.94. The highest BCUT2D eigenvalue weighted by molar-refractivity contribution is 5.87. The predicted octanol–water partition coefficient (Wildman–Crippen LogP) is 5.08. The van der Waals surface area contributed by atoms with Crippen LogP contribution in [0, 0.1) is 6.92 Å². The minimum Gasteiger partial charge on any atom is -0.489 e. The van der Waals surface area contributed by atoms with E-state index in [2.05, 4.69) is 0 Å². The normalized spacial score (nSPS) is 11.9. The number of nitrogens with zero attached hydrogens (tertiary/aromatic N) is 1. The van der Waals surface area contributed by atoms with E-state index < -0.39 is 11.7 Å². The zero-order valence-corrected chi connectivity index (χ0v) is 12.8. The maximum Gasteiger partial charge on any atom is 0.416 e. The third-order valence-electron chi connectivity index (χ3n) is 3.86. The summed E-state index contributed by atoms with van der Waals surface area (Å²) >= 11 is 0. The summed E-state index contributed by atoms with van der Waals surface area (Å²) in [6.07, 6.45) is -2.42. The van der Waals surface area contributed by atoms with Crippen LogP contribution in [-0.2, 0) is 19.8 Å². The van der Waals surface area contributed by atoms with Gasteiger partial charge in [0.05, 0.1) is 5.56 Å². The van der Waals surface area contributed by atoms with Gasteiger partial charge >= 0.3 is 6.18 Å². The molecule has 1 aromatic heterocycles. The van der Waals surface area contributed by atoms with Crippen LogP contribution in [0.5, 0.6) is 5.75 Å². The highest BCUT2D eigenvalue weighted by atomic mass is 19.4. The van der Waals surface area contributed by atoms with Crippen molar-refractivity contribution in [2.75, 3.05) is 0 Å². The van der Waals surface area contributed by atoms with Crippen LogP contribution in [0.15, 0.2) is 48.7 Å². The van der Waals surface area contributed by atoms with Crippen LogP contribution in [0.1, 0.15) is 16.7 Å². The highest BCUT2D eigenvalue weighted by Crippen LogP contribution is 2.32. The molecule has 1 heterocycles. The molecule has 0 bridgehead atoms. The van der Waals surface area contributed by atoms with E-state index in [0.717, 1.165) is 34.2 Å². The summed E-state index contributed by atoms with van der Waals surface area (Å²) in [5.74, 6) is 0.213. The molecule has 0 aliphatic heterocycles. The zero-order chi connectivity index (χ0) is 16.6. The van der Waals surface area contributed by atoms with E-state index in [1.54, 1.807) is 0 Å². The molecule has 3 aromatic rings. The van der Waals surface area contributed by atoms with Gasteiger partial charge in [-0.15, -0.1) is 0 Å². The van der Waals surface area contributed by atoms with Crippen LogP contribution in [0.25, 0.3) is 10.9 Å². The molecule has 0 aliphatic carbocycles. The lowest BCUT2D eigenvalue weighted by Crippen LogP contribution is -2.05. The Bertz CT molecular complexity index is 849. The molecule has 0 N–H and O–H groups in total. The second-order valence-corrected chi connectivity index (χ2v) is 5.55. The minimum atomic E-state index is -4.37. The average Bonchev–Trinajstić information content (AvgIpc) is 2.83. The summed E-state index contributed by atoms with van der Waals surface area (Å²) in [6, 6.07) is 11.0. The topological polar surface area (TPSA) is 14.2 Å². The van der Waals surface area contributed by atoms with Gasteiger partial charge in [-0.3, -0.25) is 0 Å². The monoisotopic (exact) mass is 319 g/mol. The van der Waals surface area contributed by atoms with Gasteiger partial charge in [-0.05, 0) is 36.8 Å². The first kappa shape index (κ1) is 15.5. The predicted molar refractivity (Wildman–Crippen MR) is 83.4 cm³/mol. The SMILES string of the molecule is Cc1cccc2c1c(COc1cccc(C(F)(F)F)c1)cn2C. The van der Waals surface area contributed by atoms with E-state index in [0.29, 0.717) is 0 Å². The molecule has 23 heavy (non-hydrogen) atoms. The molecule has 0 fully saturated rings. The molecule has 3 rings (SSSR count).